The minimum atomic E-state index is -0.671. The van der Waals surface area contributed by atoms with Gasteiger partial charge in [0.25, 0.3) is 5.91 Å². The number of aryl methyl sites for hydroxylation is 1. The fraction of sp³-hybridized carbons (Fsp3) is 0.148. The number of nitrogens with zero attached hydrogens (tertiary/aromatic N) is 3. The van der Waals surface area contributed by atoms with Crippen molar-refractivity contribution in [2.75, 3.05) is 0 Å². The molecule has 1 N–H and O–H groups in total. The summed E-state index contributed by atoms with van der Waals surface area (Å²) < 4.78 is 35.4. The lowest BCUT2D eigenvalue weighted by Crippen LogP contribution is -2.39. The topological polar surface area (TPSA) is 69.0 Å². The van der Waals surface area contributed by atoms with Crippen molar-refractivity contribution in [1.29, 1.82) is 0 Å². The fourth-order valence-corrected chi connectivity index (χ4v) is 4.63. The molecule has 2 atom stereocenters. The number of aromatic nitrogens is 3. The first-order valence-electron chi connectivity index (χ1n) is 11.3. The highest BCUT2D eigenvalue weighted by Gasteiger charge is 2.25. The third-order valence-electron chi connectivity index (χ3n) is 5.68. The number of amides is 1. The van der Waals surface area contributed by atoms with E-state index in [1.807, 2.05) is 19.1 Å². The maximum absolute atomic E-state index is 14.1. The Balaban J connectivity index is 1.43. The summed E-state index contributed by atoms with van der Waals surface area (Å²) in [5.74, 6) is -0.505. The van der Waals surface area contributed by atoms with Gasteiger partial charge in [-0.25, -0.2) is 18.4 Å². The molecule has 2 heterocycles. The molecule has 0 aliphatic carbocycles. The zero-order valence-electron chi connectivity index (χ0n) is 19.5. The van der Waals surface area contributed by atoms with Gasteiger partial charge >= 0.3 is 0 Å². The Kier molecular flexibility index (Phi) is 6.47. The van der Waals surface area contributed by atoms with Crippen molar-refractivity contribution in [2.24, 2.45) is 0 Å². The molecular weight excluding hydrogens is 482 g/mol. The summed E-state index contributed by atoms with van der Waals surface area (Å²) in [6, 6.07) is 17.2. The molecule has 0 spiro atoms. The first-order valence-corrected chi connectivity index (χ1v) is 12.1. The molecule has 0 radical (unpaired) electrons. The van der Waals surface area contributed by atoms with E-state index in [2.05, 4.69) is 15.4 Å². The van der Waals surface area contributed by atoms with Crippen molar-refractivity contribution in [3.63, 3.8) is 0 Å². The molecule has 0 aliphatic heterocycles. The molecule has 2 aromatic heterocycles. The Morgan fingerprint density at radius 1 is 1.03 bits per heavy atom. The average molecular weight is 505 g/mol. The molecule has 1 amide bonds. The molecule has 182 valence electrons. The van der Waals surface area contributed by atoms with Crippen LogP contribution in [0.3, 0.4) is 0 Å². The highest BCUT2D eigenvalue weighted by Crippen LogP contribution is 2.29. The second-order valence-corrected chi connectivity index (χ2v) is 9.62. The van der Waals surface area contributed by atoms with Gasteiger partial charge in [-0.2, -0.15) is 5.10 Å². The molecule has 0 bridgehead atoms. The number of fused-ring (bicyclic) bond motifs is 1. The summed E-state index contributed by atoms with van der Waals surface area (Å²) in [5.41, 5.74) is 2.13. The first-order chi connectivity index (χ1) is 17.4. The van der Waals surface area contributed by atoms with Gasteiger partial charge in [0.15, 0.2) is 5.01 Å². The van der Waals surface area contributed by atoms with Crippen LogP contribution in [0.5, 0.6) is 5.75 Å². The van der Waals surface area contributed by atoms with Gasteiger partial charge in [-0.15, -0.1) is 11.3 Å². The zero-order valence-corrected chi connectivity index (χ0v) is 20.3. The maximum Gasteiger partial charge on any atom is 0.280 e. The van der Waals surface area contributed by atoms with E-state index in [1.54, 1.807) is 54.3 Å². The van der Waals surface area contributed by atoms with E-state index in [0.29, 0.717) is 16.3 Å². The summed E-state index contributed by atoms with van der Waals surface area (Å²) in [5, 5.41) is 8.51. The zero-order chi connectivity index (χ0) is 25.2. The molecule has 0 unspecified atom stereocenters. The molecule has 0 aliphatic rings. The van der Waals surface area contributed by atoms with Crippen LogP contribution in [0, 0.1) is 18.6 Å². The Labute approximate surface area is 210 Å². The lowest BCUT2D eigenvalue weighted by Gasteiger charge is -2.26. The summed E-state index contributed by atoms with van der Waals surface area (Å²) in [7, 11) is 0. The summed E-state index contributed by atoms with van der Waals surface area (Å²) in [4.78, 5) is 17.8. The summed E-state index contributed by atoms with van der Waals surface area (Å²) in [6.45, 7) is 3.68. The maximum atomic E-state index is 14.1. The standard InChI is InChI=1S/C27H22F2N4O2S/c1-16-14-30-27(36-16)26(34)32-17(2)25(18-4-3-5-21(29)12-18)35-23-10-11-24-19(13-23)15-31-33(24)22-8-6-20(28)7-9-22/h3-15,17,25H,1-2H3,(H,32,34)/t17-,25-/m0/s1. The van der Waals surface area contributed by atoms with E-state index in [4.69, 9.17) is 4.74 Å². The lowest BCUT2D eigenvalue weighted by molar-refractivity contribution is 0.0881. The number of hydrogen-bond acceptors (Lipinski definition) is 5. The predicted octanol–water partition coefficient (Wildman–Crippen LogP) is 6.01. The largest absolute Gasteiger partial charge is 0.484 e. The molecule has 0 saturated carbocycles. The molecule has 0 fully saturated rings. The van der Waals surface area contributed by atoms with E-state index in [0.717, 1.165) is 21.5 Å². The van der Waals surface area contributed by atoms with E-state index in [9.17, 15) is 13.6 Å². The Bertz CT molecular complexity index is 1530. The molecule has 0 saturated heterocycles. The fourth-order valence-electron chi connectivity index (χ4n) is 3.97. The molecule has 6 nitrogen and oxygen atoms in total. The number of carbonyl (C=O) groups is 1. The Hall–Kier alpha value is -4.11. The quantitative estimate of drug-likeness (QED) is 0.295. The minimum Gasteiger partial charge on any atom is -0.484 e. The number of carbonyl (C=O) groups excluding carboxylic acids is 1. The lowest BCUT2D eigenvalue weighted by atomic mass is 10.0. The van der Waals surface area contributed by atoms with Gasteiger partial charge in [0.1, 0.15) is 23.5 Å². The Morgan fingerprint density at radius 2 is 1.83 bits per heavy atom. The van der Waals surface area contributed by atoms with E-state index >= 15 is 0 Å². The number of ether oxygens (including phenoxy) is 1. The highest BCUT2D eigenvalue weighted by atomic mass is 32.1. The molecular formula is C27H22F2N4O2S. The van der Waals surface area contributed by atoms with Crippen LogP contribution in [0.15, 0.2) is 79.1 Å². The Morgan fingerprint density at radius 3 is 2.56 bits per heavy atom. The smallest absolute Gasteiger partial charge is 0.280 e. The van der Waals surface area contributed by atoms with Gasteiger partial charge < -0.3 is 10.1 Å². The van der Waals surface area contributed by atoms with Crippen molar-refractivity contribution in [3.8, 4) is 11.4 Å². The van der Waals surface area contributed by atoms with Crippen LogP contribution in [0.1, 0.15) is 33.3 Å². The van der Waals surface area contributed by atoms with Crippen molar-refractivity contribution in [2.45, 2.75) is 26.0 Å². The first kappa shape index (κ1) is 23.6. The van der Waals surface area contributed by atoms with Crippen molar-refractivity contribution < 1.29 is 18.3 Å². The minimum absolute atomic E-state index is 0.318. The van der Waals surface area contributed by atoms with Crippen LogP contribution in [-0.2, 0) is 0 Å². The van der Waals surface area contributed by atoms with Crippen LogP contribution >= 0.6 is 11.3 Å². The predicted molar refractivity (Wildman–Crippen MR) is 135 cm³/mol. The van der Waals surface area contributed by atoms with Gasteiger partial charge in [-0.1, -0.05) is 12.1 Å². The highest BCUT2D eigenvalue weighted by molar-refractivity contribution is 7.13. The molecule has 36 heavy (non-hydrogen) atoms. The number of nitrogens with one attached hydrogen (secondary N) is 1. The molecule has 3 aromatic carbocycles. The normalized spacial score (nSPS) is 12.9. The number of hydrogen-bond donors (Lipinski definition) is 1. The van der Waals surface area contributed by atoms with Crippen LogP contribution in [0.4, 0.5) is 8.78 Å². The second-order valence-electron chi connectivity index (χ2n) is 8.39. The van der Waals surface area contributed by atoms with Crippen LogP contribution in [-0.4, -0.2) is 26.7 Å². The van der Waals surface area contributed by atoms with Crippen LogP contribution < -0.4 is 10.1 Å². The average Bonchev–Trinajstić information content (AvgIpc) is 3.49. The van der Waals surface area contributed by atoms with E-state index in [-0.39, 0.29) is 11.7 Å². The number of benzene rings is 3. The third-order valence-corrected chi connectivity index (χ3v) is 6.59. The second kappa shape index (κ2) is 9.87. The van der Waals surface area contributed by atoms with Gasteiger partial charge in [0.05, 0.1) is 23.4 Å². The van der Waals surface area contributed by atoms with Crippen LogP contribution in [0.2, 0.25) is 0 Å². The number of halogens is 2. The molecule has 5 aromatic rings. The molecule has 5 rings (SSSR count). The summed E-state index contributed by atoms with van der Waals surface area (Å²) in [6.07, 6.45) is 2.67. The van der Waals surface area contributed by atoms with Crippen LogP contribution in [0.25, 0.3) is 16.6 Å². The van der Waals surface area contributed by atoms with Gasteiger partial charge in [0, 0.05) is 16.5 Å². The van der Waals surface area contributed by atoms with Crippen molar-refractivity contribution in [1.82, 2.24) is 20.1 Å². The third kappa shape index (κ3) is 4.96. The SMILES string of the molecule is Cc1cnc(C(=O)N[C@@H](C)[C@H](Oc2ccc3c(cnn3-c3ccc(F)cc3)c2)c2cccc(F)c2)s1. The number of rotatable bonds is 7. The van der Waals surface area contributed by atoms with E-state index < -0.39 is 18.0 Å². The monoisotopic (exact) mass is 504 g/mol. The number of thiazole rings is 1. The van der Waals surface area contributed by atoms with Gasteiger partial charge in [-0.3, -0.25) is 4.79 Å². The van der Waals surface area contributed by atoms with E-state index in [1.165, 1.54) is 35.6 Å². The van der Waals surface area contributed by atoms with Gasteiger partial charge in [-0.05, 0) is 74.0 Å². The summed E-state index contributed by atoms with van der Waals surface area (Å²) >= 11 is 1.30. The van der Waals surface area contributed by atoms with Crippen molar-refractivity contribution >= 4 is 28.1 Å². The van der Waals surface area contributed by atoms with Crippen molar-refractivity contribution in [3.05, 3.63) is 106 Å². The van der Waals surface area contributed by atoms with Gasteiger partial charge in [0.2, 0.25) is 0 Å². The molecule has 9 heteroatoms.